The maximum Gasteiger partial charge on any atom is 0.163 e. The summed E-state index contributed by atoms with van der Waals surface area (Å²) < 4.78 is 5.05. The van der Waals surface area contributed by atoms with Gasteiger partial charge in [0.05, 0.1) is 12.7 Å². The summed E-state index contributed by atoms with van der Waals surface area (Å²) in [7, 11) is 1.61. The number of benzene rings is 1. The Morgan fingerprint density at radius 2 is 1.61 bits per heavy atom. The van der Waals surface area contributed by atoms with Gasteiger partial charge in [-0.15, -0.1) is 0 Å². The molecule has 0 aliphatic carbocycles. The van der Waals surface area contributed by atoms with Gasteiger partial charge in [-0.1, -0.05) is 24.3 Å². The molecule has 0 heterocycles. The highest BCUT2D eigenvalue weighted by Crippen LogP contribution is 2.12. The van der Waals surface area contributed by atoms with E-state index >= 15 is 0 Å². The molecule has 3 heteroatoms. The first kappa shape index (κ1) is 13.9. The molecule has 0 aliphatic heterocycles. The lowest BCUT2D eigenvalue weighted by molar-refractivity contribution is -0.119. The second-order valence-electron chi connectivity index (χ2n) is 3.82. The molecule has 0 aromatic heterocycles. The van der Waals surface area contributed by atoms with Crippen molar-refractivity contribution in [2.24, 2.45) is 0 Å². The van der Waals surface area contributed by atoms with Crippen LogP contribution in [0.3, 0.4) is 0 Å². The van der Waals surface area contributed by atoms with Crippen LogP contribution in [-0.4, -0.2) is 18.7 Å². The molecular weight excluding hydrogens is 228 g/mol. The summed E-state index contributed by atoms with van der Waals surface area (Å²) in [6.07, 6.45) is 5.06. The molecule has 94 valence electrons. The summed E-state index contributed by atoms with van der Waals surface area (Å²) in [5.74, 6) is 0.347. The largest absolute Gasteiger partial charge is 0.497 e. The summed E-state index contributed by atoms with van der Waals surface area (Å²) in [4.78, 5) is 22.3. The van der Waals surface area contributed by atoms with E-state index in [-0.39, 0.29) is 17.1 Å². The number of ether oxygens (including phenoxy) is 1. The molecule has 0 spiro atoms. The maximum atomic E-state index is 11.2. The second-order valence-corrected chi connectivity index (χ2v) is 3.82. The smallest absolute Gasteiger partial charge is 0.163 e. The SMILES string of the molecule is COc1ccc(/C=C/C=C(C(C)=O)C(C)=O)cc1. The highest BCUT2D eigenvalue weighted by molar-refractivity contribution is 6.18. The Hall–Kier alpha value is -2.16. The Bertz CT molecular complexity index is 477. The molecule has 0 N–H and O–H groups in total. The zero-order valence-corrected chi connectivity index (χ0v) is 10.8. The molecule has 0 fully saturated rings. The first-order chi connectivity index (χ1) is 8.54. The van der Waals surface area contributed by atoms with Crippen LogP contribution in [0.1, 0.15) is 19.4 Å². The molecule has 0 amide bonds. The van der Waals surface area contributed by atoms with Crippen LogP contribution in [0.2, 0.25) is 0 Å². The third-order valence-corrected chi connectivity index (χ3v) is 2.43. The van der Waals surface area contributed by atoms with Gasteiger partial charge in [-0.3, -0.25) is 9.59 Å². The first-order valence-corrected chi connectivity index (χ1v) is 5.59. The van der Waals surface area contributed by atoms with Crippen LogP contribution in [0.25, 0.3) is 6.08 Å². The van der Waals surface area contributed by atoms with E-state index in [9.17, 15) is 9.59 Å². The Morgan fingerprint density at radius 3 is 2.06 bits per heavy atom. The van der Waals surface area contributed by atoms with E-state index in [0.717, 1.165) is 11.3 Å². The van der Waals surface area contributed by atoms with E-state index in [1.165, 1.54) is 19.9 Å². The van der Waals surface area contributed by atoms with Crippen molar-refractivity contribution in [2.45, 2.75) is 13.8 Å². The highest BCUT2D eigenvalue weighted by atomic mass is 16.5. The van der Waals surface area contributed by atoms with E-state index in [2.05, 4.69) is 0 Å². The number of hydrogen-bond acceptors (Lipinski definition) is 3. The minimum absolute atomic E-state index is 0.208. The van der Waals surface area contributed by atoms with Crippen molar-refractivity contribution < 1.29 is 14.3 Å². The number of carbonyl (C=O) groups excluding carboxylic acids is 2. The number of hydrogen-bond donors (Lipinski definition) is 0. The van der Waals surface area contributed by atoms with Gasteiger partial charge in [0.2, 0.25) is 0 Å². The average Bonchev–Trinajstić information content (AvgIpc) is 2.34. The second kappa shape index (κ2) is 6.55. The summed E-state index contributed by atoms with van der Waals surface area (Å²) in [6.45, 7) is 2.77. The number of allylic oxidation sites excluding steroid dienone is 3. The molecule has 0 bridgehead atoms. The van der Waals surface area contributed by atoms with E-state index in [4.69, 9.17) is 4.74 Å². The van der Waals surface area contributed by atoms with Gasteiger partial charge in [-0.25, -0.2) is 0 Å². The number of ketones is 2. The van der Waals surface area contributed by atoms with E-state index < -0.39 is 0 Å². The molecule has 1 aromatic carbocycles. The van der Waals surface area contributed by atoms with Crippen molar-refractivity contribution in [1.82, 2.24) is 0 Å². The van der Waals surface area contributed by atoms with E-state index in [0.29, 0.717) is 0 Å². The van der Waals surface area contributed by atoms with E-state index in [1.807, 2.05) is 30.3 Å². The Labute approximate surface area is 107 Å². The molecule has 0 saturated heterocycles. The predicted octanol–water partition coefficient (Wildman–Crippen LogP) is 2.81. The lowest BCUT2D eigenvalue weighted by atomic mass is 10.1. The highest BCUT2D eigenvalue weighted by Gasteiger charge is 2.06. The number of Topliss-reactive ketones (excluding diaryl/α,β-unsaturated/α-hetero) is 2. The van der Waals surface area contributed by atoms with Gasteiger partial charge in [0.25, 0.3) is 0 Å². The van der Waals surface area contributed by atoms with Crippen LogP contribution in [0.4, 0.5) is 0 Å². The zero-order valence-electron chi connectivity index (χ0n) is 10.8. The van der Waals surface area contributed by atoms with Crippen LogP contribution >= 0.6 is 0 Å². The zero-order chi connectivity index (χ0) is 13.5. The fourth-order valence-electron chi connectivity index (χ4n) is 1.45. The van der Waals surface area contributed by atoms with Crippen molar-refractivity contribution in [3.8, 4) is 5.75 Å². The monoisotopic (exact) mass is 244 g/mol. The molecule has 1 rings (SSSR count). The van der Waals surface area contributed by atoms with E-state index in [1.54, 1.807) is 13.2 Å². The molecule has 0 unspecified atom stereocenters. The Kier molecular flexibility index (Phi) is 5.06. The molecule has 1 aromatic rings. The molecule has 18 heavy (non-hydrogen) atoms. The minimum atomic E-state index is -0.220. The third kappa shape index (κ3) is 4.01. The number of rotatable bonds is 5. The summed E-state index contributed by atoms with van der Waals surface area (Å²) >= 11 is 0. The van der Waals surface area contributed by atoms with Gasteiger partial charge in [0, 0.05) is 0 Å². The average molecular weight is 244 g/mol. The van der Waals surface area contributed by atoms with Gasteiger partial charge in [0.1, 0.15) is 5.75 Å². The summed E-state index contributed by atoms with van der Waals surface area (Å²) in [6, 6.07) is 7.48. The lowest BCUT2D eigenvalue weighted by Crippen LogP contribution is -2.05. The van der Waals surface area contributed by atoms with Crippen molar-refractivity contribution in [1.29, 1.82) is 0 Å². The van der Waals surface area contributed by atoms with Gasteiger partial charge in [0.15, 0.2) is 11.6 Å². The molecule has 0 saturated carbocycles. The fourth-order valence-corrected chi connectivity index (χ4v) is 1.45. The van der Waals surface area contributed by atoms with Crippen molar-refractivity contribution in [2.75, 3.05) is 7.11 Å². The van der Waals surface area contributed by atoms with Crippen molar-refractivity contribution >= 4 is 17.6 Å². The van der Waals surface area contributed by atoms with Crippen LogP contribution < -0.4 is 4.74 Å². The fraction of sp³-hybridized carbons (Fsp3) is 0.200. The Balaban J connectivity index is 2.82. The van der Waals surface area contributed by atoms with Gasteiger partial charge in [-0.2, -0.15) is 0 Å². The standard InChI is InChI=1S/C15H16O3/c1-11(16)15(12(2)17)6-4-5-13-7-9-14(18-3)10-8-13/h4-10H,1-3H3/b5-4+. The quantitative estimate of drug-likeness (QED) is 0.346. The van der Waals surface area contributed by atoms with Crippen LogP contribution in [-0.2, 0) is 9.59 Å². The summed E-state index contributed by atoms with van der Waals surface area (Å²) in [5.41, 5.74) is 1.18. The maximum absolute atomic E-state index is 11.2. The third-order valence-electron chi connectivity index (χ3n) is 2.43. The van der Waals surface area contributed by atoms with Crippen molar-refractivity contribution in [3.05, 3.63) is 47.6 Å². The van der Waals surface area contributed by atoms with Gasteiger partial charge >= 0.3 is 0 Å². The molecular formula is C15H16O3. The van der Waals surface area contributed by atoms with Crippen molar-refractivity contribution in [3.63, 3.8) is 0 Å². The van der Waals surface area contributed by atoms with Gasteiger partial charge < -0.3 is 4.74 Å². The van der Waals surface area contributed by atoms with Crippen LogP contribution in [0.5, 0.6) is 5.75 Å². The first-order valence-electron chi connectivity index (χ1n) is 5.59. The number of carbonyl (C=O) groups is 2. The van der Waals surface area contributed by atoms with Gasteiger partial charge in [-0.05, 0) is 37.6 Å². The number of methoxy groups -OCH3 is 1. The van der Waals surface area contributed by atoms with Crippen LogP contribution in [0.15, 0.2) is 42.0 Å². The normalized spacial score (nSPS) is 10.2. The Morgan fingerprint density at radius 1 is 1.06 bits per heavy atom. The topological polar surface area (TPSA) is 43.4 Å². The predicted molar refractivity (Wildman–Crippen MR) is 71.5 cm³/mol. The molecule has 0 atom stereocenters. The molecule has 3 nitrogen and oxygen atoms in total. The lowest BCUT2D eigenvalue weighted by Gasteiger charge is -1.98. The summed E-state index contributed by atoms with van der Waals surface area (Å²) in [5, 5.41) is 0. The molecule has 0 radical (unpaired) electrons. The minimum Gasteiger partial charge on any atom is -0.497 e. The van der Waals surface area contributed by atoms with Crippen LogP contribution in [0, 0.1) is 0 Å². The molecule has 0 aliphatic rings.